The average molecular weight is 415 g/mol. The number of nitrogens with one attached hydrogen (secondary N) is 1. The molecule has 158 valence electrons. The number of rotatable bonds is 5. The monoisotopic (exact) mass is 415 g/mol. The Labute approximate surface area is 181 Å². The van der Waals surface area contributed by atoms with Crippen molar-refractivity contribution in [3.05, 3.63) is 88.4 Å². The number of methoxy groups -OCH3 is 1. The highest BCUT2D eigenvalue weighted by Gasteiger charge is 2.33. The van der Waals surface area contributed by atoms with Gasteiger partial charge in [-0.15, -0.1) is 0 Å². The van der Waals surface area contributed by atoms with E-state index in [1.54, 1.807) is 13.2 Å². The molecule has 0 spiro atoms. The predicted molar refractivity (Wildman–Crippen MR) is 120 cm³/mol. The van der Waals surface area contributed by atoms with Gasteiger partial charge in [0.05, 0.1) is 13.7 Å². The number of carbonyl (C=O) groups excluding carboxylic acids is 2. The first kappa shape index (κ1) is 20.5. The van der Waals surface area contributed by atoms with Crippen LogP contribution in [0.1, 0.15) is 28.1 Å². The Hall–Kier alpha value is -3.80. The second-order valence-electron chi connectivity index (χ2n) is 7.72. The number of benzene rings is 2. The smallest absolute Gasteiger partial charge is 0.329 e. The molecule has 1 aromatic heterocycles. The Morgan fingerprint density at radius 3 is 2.29 bits per heavy atom. The molecule has 1 fully saturated rings. The Morgan fingerprint density at radius 1 is 0.968 bits per heavy atom. The molecule has 2 heterocycles. The van der Waals surface area contributed by atoms with Crippen molar-refractivity contribution in [1.29, 1.82) is 0 Å². The fourth-order valence-electron chi connectivity index (χ4n) is 3.81. The highest BCUT2D eigenvalue weighted by atomic mass is 16.5. The van der Waals surface area contributed by atoms with Crippen molar-refractivity contribution in [3.63, 3.8) is 0 Å². The lowest BCUT2D eigenvalue weighted by Gasteiger charge is -2.12. The SMILES string of the molecule is COc1ccc(-n2c(C)cc(/C=C3/NC(=O)N(Cc4ccc(C)cc4)C3=O)c2C)cc1. The van der Waals surface area contributed by atoms with Crippen molar-refractivity contribution >= 4 is 18.0 Å². The minimum Gasteiger partial charge on any atom is -0.497 e. The predicted octanol–water partition coefficient (Wildman–Crippen LogP) is 4.50. The standard InChI is InChI=1S/C25H25N3O3/c1-16-5-7-19(8-6-16)15-27-24(29)23(26-25(27)30)14-20-13-17(2)28(18(20)3)21-9-11-22(31-4)12-10-21/h5-14H,15H2,1-4H3,(H,26,30)/b23-14+. The van der Waals surface area contributed by atoms with Gasteiger partial charge in [0.25, 0.3) is 5.91 Å². The maximum atomic E-state index is 12.9. The van der Waals surface area contributed by atoms with Crippen LogP contribution in [0.5, 0.6) is 5.75 Å². The number of aryl methyl sites for hydroxylation is 2. The summed E-state index contributed by atoms with van der Waals surface area (Å²) in [4.78, 5) is 26.6. The number of nitrogens with zero attached hydrogens (tertiary/aromatic N) is 2. The molecule has 0 unspecified atom stereocenters. The van der Waals surface area contributed by atoms with E-state index in [0.29, 0.717) is 0 Å². The molecule has 1 aliphatic rings. The molecular formula is C25H25N3O3. The third-order valence-corrected chi connectivity index (χ3v) is 5.52. The molecule has 0 atom stereocenters. The maximum absolute atomic E-state index is 12.9. The quantitative estimate of drug-likeness (QED) is 0.493. The minimum atomic E-state index is -0.402. The molecule has 0 radical (unpaired) electrons. The van der Waals surface area contributed by atoms with E-state index in [1.165, 1.54) is 4.90 Å². The first-order chi connectivity index (χ1) is 14.9. The Balaban J connectivity index is 1.60. The largest absolute Gasteiger partial charge is 0.497 e. The minimum absolute atomic E-state index is 0.243. The van der Waals surface area contributed by atoms with Crippen LogP contribution in [0.4, 0.5) is 4.79 Å². The van der Waals surface area contributed by atoms with E-state index < -0.39 is 6.03 Å². The number of urea groups is 1. The summed E-state index contributed by atoms with van der Waals surface area (Å²) in [6, 6.07) is 17.2. The average Bonchev–Trinajstić information content (AvgIpc) is 3.19. The van der Waals surface area contributed by atoms with Crippen molar-refractivity contribution < 1.29 is 14.3 Å². The number of imide groups is 1. The summed E-state index contributed by atoms with van der Waals surface area (Å²) in [6.45, 7) is 6.25. The highest BCUT2D eigenvalue weighted by molar-refractivity contribution is 6.14. The van der Waals surface area contributed by atoms with Gasteiger partial charge in [-0.1, -0.05) is 29.8 Å². The van der Waals surface area contributed by atoms with Crippen LogP contribution in [0.3, 0.4) is 0 Å². The molecule has 1 saturated heterocycles. The van der Waals surface area contributed by atoms with Crippen molar-refractivity contribution in [2.24, 2.45) is 0 Å². The van der Waals surface area contributed by atoms with Crippen LogP contribution in [0.25, 0.3) is 11.8 Å². The molecule has 31 heavy (non-hydrogen) atoms. The normalized spacial score (nSPS) is 15.0. The summed E-state index contributed by atoms with van der Waals surface area (Å²) >= 11 is 0. The van der Waals surface area contributed by atoms with E-state index in [0.717, 1.165) is 39.5 Å². The molecule has 6 heteroatoms. The van der Waals surface area contributed by atoms with Gasteiger partial charge in [0.15, 0.2) is 0 Å². The zero-order chi connectivity index (χ0) is 22.1. The van der Waals surface area contributed by atoms with E-state index >= 15 is 0 Å². The van der Waals surface area contributed by atoms with Crippen LogP contribution in [0.15, 0.2) is 60.3 Å². The fourth-order valence-corrected chi connectivity index (χ4v) is 3.81. The highest BCUT2D eigenvalue weighted by Crippen LogP contribution is 2.25. The van der Waals surface area contributed by atoms with Crippen molar-refractivity contribution in [1.82, 2.24) is 14.8 Å². The van der Waals surface area contributed by atoms with Crippen molar-refractivity contribution in [2.45, 2.75) is 27.3 Å². The van der Waals surface area contributed by atoms with Gasteiger partial charge < -0.3 is 14.6 Å². The molecule has 3 amide bonds. The van der Waals surface area contributed by atoms with E-state index in [2.05, 4.69) is 9.88 Å². The van der Waals surface area contributed by atoms with Gasteiger partial charge in [-0.3, -0.25) is 9.69 Å². The molecule has 0 bridgehead atoms. The van der Waals surface area contributed by atoms with E-state index in [9.17, 15) is 9.59 Å². The topological polar surface area (TPSA) is 63.6 Å². The van der Waals surface area contributed by atoms with Crippen molar-refractivity contribution in [3.8, 4) is 11.4 Å². The number of hydrogen-bond donors (Lipinski definition) is 1. The molecule has 1 N–H and O–H groups in total. The lowest BCUT2D eigenvalue weighted by molar-refractivity contribution is -0.123. The molecule has 2 aromatic carbocycles. The molecule has 4 rings (SSSR count). The summed E-state index contributed by atoms with van der Waals surface area (Å²) in [5.41, 5.74) is 6.23. The molecule has 6 nitrogen and oxygen atoms in total. The van der Waals surface area contributed by atoms with Gasteiger partial charge in [-0.25, -0.2) is 4.79 Å². The summed E-state index contributed by atoms with van der Waals surface area (Å²) in [7, 11) is 1.64. The fraction of sp³-hybridized carbons (Fsp3) is 0.200. The third kappa shape index (κ3) is 3.97. The molecule has 3 aromatic rings. The number of ether oxygens (including phenoxy) is 1. The number of carbonyl (C=O) groups is 2. The Kier molecular flexibility index (Phi) is 5.38. The van der Waals surface area contributed by atoms with E-state index in [-0.39, 0.29) is 18.1 Å². The first-order valence-electron chi connectivity index (χ1n) is 10.1. The number of hydrogen-bond acceptors (Lipinski definition) is 3. The summed E-state index contributed by atoms with van der Waals surface area (Å²) < 4.78 is 7.35. The molecule has 0 saturated carbocycles. The molecule has 0 aliphatic carbocycles. The van der Waals surface area contributed by atoms with Crippen molar-refractivity contribution in [2.75, 3.05) is 7.11 Å². The van der Waals surface area contributed by atoms with Crippen LogP contribution in [0.2, 0.25) is 0 Å². The Bertz CT molecular complexity index is 1170. The van der Waals surface area contributed by atoms with Crippen LogP contribution in [0, 0.1) is 20.8 Å². The van der Waals surface area contributed by atoms with Gasteiger partial charge in [0.1, 0.15) is 11.4 Å². The van der Waals surface area contributed by atoms with Crippen LogP contribution in [-0.4, -0.2) is 28.5 Å². The second-order valence-corrected chi connectivity index (χ2v) is 7.72. The first-order valence-corrected chi connectivity index (χ1v) is 10.1. The van der Waals surface area contributed by atoms with Gasteiger partial charge in [-0.2, -0.15) is 0 Å². The van der Waals surface area contributed by atoms with Crippen LogP contribution in [-0.2, 0) is 11.3 Å². The lowest BCUT2D eigenvalue weighted by atomic mass is 10.1. The summed E-state index contributed by atoms with van der Waals surface area (Å²) in [6.07, 6.45) is 1.75. The van der Waals surface area contributed by atoms with E-state index in [4.69, 9.17) is 4.74 Å². The van der Waals surface area contributed by atoms with E-state index in [1.807, 2.05) is 75.4 Å². The Morgan fingerprint density at radius 2 is 1.65 bits per heavy atom. The second kappa shape index (κ2) is 8.14. The lowest BCUT2D eigenvalue weighted by Crippen LogP contribution is -2.30. The van der Waals surface area contributed by atoms with Gasteiger partial charge >= 0.3 is 6.03 Å². The number of aromatic nitrogens is 1. The van der Waals surface area contributed by atoms with Gasteiger partial charge in [0.2, 0.25) is 0 Å². The van der Waals surface area contributed by atoms with Gasteiger partial charge in [-0.05, 0) is 68.3 Å². The summed E-state index contributed by atoms with van der Waals surface area (Å²) in [5.74, 6) is 0.473. The maximum Gasteiger partial charge on any atom is 0.329 e. The molecule has 1 aliphatic heterocycles. The zero-order valence-corrected chi connectivity index (χ0v) is 18.1. The third-order valence-electron chi connectivity index (χ3n) is 5.52. The van der Waals surface area contributed by atoms with Crippen LogP contribution < -0.4 is 10.1 Å². The molecular weight excluding hydrogens is 390 g/mol. The number of amides is 3. The summed E-state index contributed by atoms with van der Waals surface area (Å²) in [5, 5.41) is 2.72. The van der Waals surface area contributed by atoms with Gasteiger partial charge in [0, 0.05) is 17.1 Å². The zero-order valence-electron chi connectivity index (χ0n) is 18.1. The van der Waals surface area contributed by atoms with Crippen LogP contribution >= 0.6 is 0 Å².